The molecule has 16 heavy (non-hydrogen) atoms. The first-order valence-corrected chi connectivity index (χ1v) is 4.90. The first-order chi connectivity index (χ1) is 7.84. The van der Waals surface area contributed by atoms with Crippen LogP contribution in [0, 0.1) is 0 Å². The summed E-state index contributed by atoms with van der Waals surface area (Å²) in [7, 11) is 0. The van der Waals surface area contributed by atoms with Gasteiger partial charge in [-0.2, -0.15) is 15.4 Å². The predicted molar refractivity (Wildman–Crippen MR) is 58.0 cm³/mol. The smallest absolute Gasteiger partial charge is 0.171 e. The number of carbonyl (C=O) groups excluding carboxylic acids is 1. The topological polar surface area (TPSA) is 71.0 Å². The summed E-state index contributed by atoms with van der Waals surface area (Å²) in [6.07, 6.45) is 1.85. The van der Waals surface area contributed by atoms with Crippen molar-refractivity contribution in [3.63, 3.8) is 0 Å². The molecule has 0 saturated carbocycles. The number of nitrogens with one attached hydrogen (secondary N) is 1. The molecule has 0 bridgehead atoms. The van der Waals surface area contributed by atoms with Crippen LogP contribution in [0.15, 0.2) is 35.5 Å². The fourth-order valence-corrected chi connectivity index (χ4v) is 1.73. The Hall–Kier alpha value is -2.30. The molecule has 5 heteroatoms. The number of para-hydroxylation sites is 1. The fourth-order valence-electron chi connectivity index (χ4n) is 1.73. The zero-order chi connectivity index (χ0) is 11.0. The number of carbonyl (C=O) groups is 1. The van der Waals surface area contributed by atoms with Crippen molar-refractivity contribution < 1.29 is 4.79 Å². The van der Waals surface area contributed by atoms with E-state index in [1.165, 1.54) is 0 Å². The van der Waals surface area contributed by atoms with Crippen molar-refractivity contribution >= 4 is 17.2 Å². The van der Waals surface area contributed by atoms with Gasteiger partial charge in [0.25, 0.3) is 0 Å². The van der Waals surface area contributed by atoms with Crippen LogP contribution in [0.3, 0.4) is 0 Å². The van der Waals surface area contributed by atoms with E-state index in [-0.39, 0.29) is 12.2 Å². The highest BCUT2D eigenvalue weighted by atomic mass is 16.1. The summed E-state index contributed by atoms with van der Waals surface area (Å²) < 4.78 is 0. The lowest BCUT2D eigenvalue weighted by Gasteiger charge is -2.12. The van der Waals surface area contributed by atoms with Crippen LogP contribution in [0.4, 0.5) is 5.69 Å². The standard InChI is InChI=1S/C11H8N4O/c16-11-5-9(10-6-12-15-14-10)13-8-4-2-1-3-7(8)11/h1-4,6H,5H2,(H,12,14,15). The van der Waals surface area contributed by atoms with Crippen LogP contribution in [0.2, 0.25) is 0 Å². The minimum Gasteiger partial charge on any atom is -0.294 e. The van der Waals surface area contributed by atoms with Gasteiger partial charge in [-0.15, -0.1) is 0 Å². The molecular weight excluding hydrogens is 204 g/mol. The van der Waals surface area contributed by atoms with Crippen LogP contribution in [-0.4, -0.2) is 26.9 Å². The lowest BCUT2D eigenvalue weighted by atomic mass is 9.99. The van der Waals surface area contributed by atoms with E-state index in [0.29, 0.717) is 22.7 Å². The van der Waals surface area contributed by atoms with Crippen LogP contribution in [0.25, 0.3) is 0 Å². The summed E-state index contributed by atoms with van der Waals surface area (Å²) in [6, 6.07) is 7.32. The molecule has 1 aromatic carbocycles. The van der Waals surface area contributed by atoms with E-state index in [4.69, 9.17) is 0 Å². The lowest BCUT2D eigenvalue weighted by molar-refractivity contribution is 0.1000. The van der Waals surface area contributed by atoms with E-state index in [0.717, 1.165) is 0 Å². The molecule has 0 unspecified atom stereocenters. The highest BCUT2D eigenvalue weighted by molar-refractivity contribution is 6.20. The number of benzene rings is 1. The van der Waals surface area contributed by atoms with Crippen molar-refractivity contribution in [1.82, 2.24) is 15.4 Å². The fraction of sp³-hybridized carbons (Fsp3) is 0.0909. The number of fused-ring (bicyclic) bond motifs is 1. The zero-order valence-electron chi connectivity index (χ0n) is 8.34. The molecule has 0 radical (unpaired) electrons. The summed E-state index contributed by atoms with van der Waals surface area (Å²) in [5.41, 5.74) is 2.67. The number of ketones is 1. The number of hydrogen-bond acceptors (Lipinski definition) is 4. The second kappa shape index (κ2) is 3.37. The molecule has 1 aliphatic heterocycles. The van der Waals surface area contributed by atoms with Crippen LogP contribution >= 0.6 is 0 Å². The number of hydrogen-bond donors (Lipinski definition) is 1. The van der Waals surface area contributed by atoms with E-state index in [2.05, 4.69) is 20.4 Å². The van der Waals surface area contributed by atoms with E-state index in [1.54, 1.807) is 12.3 Å². The van der Waals surface area contributed by atoms with Crippen LogP contribution in [0.5, 0.6) is 0 Å². The normalized spacial score (nSPS) is 14.5. The Kier molecular flexibility index (Phi) is 1.89. The number of aromatic amines is 1. The summed E-state index contributed by atoms with van der Waals surface area (Å²) in [5.74, 6) is 0.0728. The Morgan fingerprint density at radius 3 is 2.94 bits per heavy atom. The minimum atomic E-state index is 0.0728. The third kappa shape index (κ3) is 1.33. The summed E-state index contributed by atoms with van der Waals surface area (Å²) >= 11 is 0. The van der Waals surface area contributed by atoms with Gasteiger partial charge in [0.1, 0.15) is 5.69 Å². The second-order valence-electron chi connectivity index (χ2n) is 3.53. The van der Waals surface area contributed by atoms with Gasteiger partial charge in [0.2, 0.25) is 0 Å². The molecule has 2 aromatic rings. The van der Waals surface area contributed by atoms with Crippen molar-refractivity contribution in [2.24, 2.45) is 4.99 Å². The Balaban J connectivity index is 2.13. The van der Waals surface area contributed by atoms with Gasteiger partial charge in [0.05, 0.1) is 24.0 Å². The molecule has 1 aliphatic rings. The van der Waals surface area contributed by atoms with Gasteiger partial charge >= 0.3 is 0 Å². The number of rotatable bonds is 1. The molecule has 0 aliphatic carbocycles. The maximum absolute atomic E-state index is 11.9. The number of H-pyrrole nitrogens is 1. The molecule has 0 saturated heterocycles. The molecule has 2 heterocycles. The average molecular weight is 212 g/mol. The average Bonchev–Trinajstić information content (AvgIpc) is 2.82. The minimum absolute atomic E-state index is 0.0728. The van der Waals surface area contributed by atoms with Gasteiger partial charge in [0, 0.05) is 5.56 Å². The molecular formula is C11H8N4O. The van der Waals surface area contributed by atoms with Gasteiger partial charge in [-0.25, -0.2) is 4.99 Å². The molecule has 0 spiro atoms. The van der Waals surface area contributed by atoms with Gasteiger partial charge in [0.15, 0.2) is 5.78 Å². The Morgan fingerprint density at radius 2 is 2.12 bits per heavy atom. The Bertz CT molecular complexity index is 571. The van der Waals surface area contributed by atoms with E-state index in [9.17, 15) is 4.79 Å². The Morgan fingerprint density at radius 1 is 1.25 bits per heavy atom. The van der Waals surface area contributed by atoms with E-state index in [1.807, 2.05) is 18.2 Å². The lowest BCUT2D eigenvalue weighted by Crippen LogP contribution is -2.14. The van der Waals surface area contributed by atoms with Gasteiger partial charge in [-0.1, -0.05) is 12.1 Å². The van der Waals surface area contributed by atoms with Crippen molar-refractivity contribution in [3.8, 4) is 0 Å². The maximum atomic E-state index is 11.9. The third-order valence-corrected chi connectivity index (χ3v) is 2.50. The number of Topliss-reactive ketones (excluding diaryl/α,β-unsaturated/α-hetero) is 1. The molecule has 1 N–H and O–H groups in total. The summed E-state index contributed by atoms with van der Waals surface area (Å²) in [5, 5.41) is 10.2. The van der Waals surface area contributed by atoms with Crippen molar-refractivity contribution in [2.45, 2.75) is 6.42 Å². The molecule has 3 rings (SSSR count). The highest BCUT2D eigenvalue weighted by Crippen LogP contribution is 2.26. The number of nitrogens with zero attached hydrogens (tertiary/aromatic N) is 3. The van der Waals surface area contributed by atoms with Crippen molar-refractivity contribution in [1.29, 1.82) is 0 Å². The van der Waals surface area contributed by atoms with Crippen molar-refractivity contribution in [2.75, 3.05) is 0 Å². The van der Waals surface area contributed by atoms with Gasteiger partial charge in [-0.3, -0.25) is 4.79 Å². The van der Waals surface area contributed by atoms with Gasteiger partial charge < -0.3 is 0 Å². The highest BCUT2D eigenvalue weighted by Gasteiger charge is 2.21. The molecule has 5 nitrogen and oxygen atoms in total. The Labute approximate surface area is 91.2 Å². The van der Waals surface area contributed by atoms with Gasteiger partial charge in [-0.05, 0) is 12.1 Å². The first kappa shape index (κ1) is 8.96. The molecule has 1 aromatic heterocycles. The van der Waals surface area contributed by atoms with Crippen LogP contribution in [0.1, 0.15) is 22.5 Å². The summed E-state index contributed by atoms with van der Waals surface area (Å²) in [6.45, 7) is 0. The first-order valence-electron chi connectivity index (χ1n) is 4.90. The summed E-state index contributed by atoms with van der Waals surface area (Å²) in [4.78, 5) is 16.3. The second-order valence-corrected chi connectivity index (χ2v) is 3.53. The maximum Gasteiger partial charge on any atom is 0.171 e. The third-order valence-electron chi connectivity index (χ3n) is 2.50. The molecule has 0 fully saturated rings. The number of aromatic nitrogens is 3. The van der Waals surface area contributed by atoms with E-state index < -0.39 is 0 Å². The van der Waals surface area contributed by atoms with Crippen molar-refractivity contribution in [3.05, 3.63) is 41.7 Å². The SMILES string of the molecule is O=C1CC(c2cn[nH]n2)=Nc2ccccc21. The molecule has 0 atom stereocenters. The molecule has 78 valence electrons. The largest absolute Gasteiger partial charge is 0.294 e. The van der Waals surface area contributed by atoms with Crippen LogP contribution in [-0.2, 0) is 0 Å². The number of aliphatic imine (C=N–C) groups is 1. The van der Waals surface area contributed by atoms with E-state index >= 15 is 0 Å². The van der Waals surface area contributed by atoms with Crippen LogP contribution < -0.4 is 0 Å². The zero-order valence-corrected chi connectivity index (χ0v) is 8.34. The quantitative estimate of drug-likeness (QED) is 0.778. The molecule has 0 amide bonds. The predicted octanol–water partition coefficient (Wildman–Crippen LogP) is 1.51. The monoisotopic (exact) mass is 212 g/mol.